The van der Waals surface area contributed by atoms with Crippen molar-refractivity contribution in [3.8, 4) is 11.4 Å². The van der Waals surface area contributed by atoms with Gasteiger partial charge in [-0.2, -0.15) is 9.29 Å². The summed E-state index contributed by atoms with van der Waals surface area (Å²) in [5.74, 6) is -0.308. The molecule has 3 aromatic rings. The van der Waals surface area contributed by atoms with Gasteiger partial charge in [0.05, 0.1) is 5.56 Å². The van der Waals surface area contributed by atoms with Crippen LogP contribution in [0, 0.1) is 5.82 Å². The number of aromatic nitrogens is 3. The molecular formula is C21H22FN5O4S. The highest BCUT2D eigenvalue weighted by molar-refractivity contribution is 7.89. The number of hydrogen-bond acceptors (Lipinski definition) is 7. The number of aromatic amines is 1. The third-order valence-electron chi connectivity index (χ3n) is 6.02. The van der Waals surface area contributed by atoms with Gasteiger partial charge in [0.15, 0.2) is 0 Å². The minimum absolute atomic E-state index is 0.137. The average Bonchev–Trinajstić information content (AvgIpc) is 3.29. The first-order chi connectivity index (χ1) is 15.4. The van der Waals surface area contributed by atoms with E-state index in [0.717, 1.165) is 30.3 Å². The molecular weight excluding hydrogens is 437 g/mol. The third-order valence-corrected chi connectivity index (χ3v) is 7.95. The monoisotopic (exact) mass is 459 g/mol. The van der Waals surface area contributed by atoms with E-state index < -0.39 is 15.8 Å². The van der Waals surface area contributed by atoms with Gasteiger partial charge in [-0.3, -0.25) is 4.79 Å². The van der Waals surface area contributed by atoms with Crippen LogP contribution in [0.15, 0.2) is 44.5 Å². The fourth-order valence-electron chi connectivity index (χ4n) is 4.24. The third kappa shape index (κ3) is 3.76. The van der Waals surface area contributed by atoms with Crippen molar-refractivity contribution in [3.05, 3.63) is 63.7 Å². The number of H-pyrrole nitrogens is 1. The van der Waals surface area contributed by atoms with Gasteiger partial charge in [-0.15, -0.1) is 0 Å². The Labute approximate surface area is 183 Å². The van der Waals surface area contributed by atoms with E-state index in [-0.39, 0.29) is 35.3 Å². The first-order valence-electron chi connectivity index (χ1n) is 10.5. The molecule has 0 saturated carbocycles. The van der Waals surface area contributed by atoms with Crippen molar-refractivity contribution in [1.29, 1.82) is 0 Å². The van der Waals surface area contributed by atoms with Crippen LogP contribution in [0.3, 0.4) is 0 Å². The summed E-state index contributed by atoms with van der Waals surface area (Å²) in [6.07, 6.45) is 1.68. The van der Waals surface area contributed by atoms with E-state index in [9.17, 15) is 17.6 Å². The van der Waals surface area contributed by atoms with Gasteiger partial charge in [0, 0.05) is 44.2 Å². The summed E-state index contributed by atoms with van der Waals surface area (Å²) in [6, 6.07) is 7.16. The Morgan fingerprint density at radius 1 is 1.19 bits per heavy atom. The number of halogens is 1. The number of piperidine rings is 1. The van der Waals surface area contributed by atoms with Crippen molar-refractivity contribution in [2.45, 2.75) is 36.6 Å². The Kier molecular flexibility index (Phi) is 5.39. The lowest BCUT2D eigenvalue weighted by Crippen LogP contribution is -2.38. The zero-order valence-electron chi connectivity index (χ0n) is 17.2. The molecule has 0 bridgehead atoms. The maximum Gasteiger partial charge on any atom is 0.259 e. The van der Waals surface area contributed by atoms with Crippen LogP contribution in [0.2, 0.25) is 0 Å². The van der Waals surface area contributed by atoms with E-state index in [0.29, 0.717) is 30.8 Å². The normalized spacial score (nSPS) is 17.9. The summed E-state index contributed by atoms with van der Waals surface area (Å²) in [7, 11) is -3.91. The van der Waals surface area contributed by atoms with Gasteiger partial charge in [-0.1, -0.05) is 17.3 Å². The van der Waals surface area contributed by atoms with Crippen LogP contribution in [0.4, 0.5) is 4.39 Å². The first-order valence-corrected chi connectivity index (χ1v) is 11.9. The predicted molar refractivity (Wildman–Crippen MR) is 113 cm³/mol. The molecule has 11 heteroatoms. The van der Waals surface area contributed by atoms with Gasteiger partial charge < -0.3 is 14.8 Å². The number of nitrogens with zero attached hydrogens (tertiary/aromatic N) is 3. The first kappa shape index (κ1) is 21.0. The predicted octanol–water partition coefficient (Wildman–Crippen LogP) is 1.78. The Balaban J connectivity index is 1.32. The summed E-state index contributed by atoms with van der Waals surface area (Å²) in [6.45, 7) is 1.91. The largest absolute Gasteiger partial charge is 0.339 e. The van der Waals surface area contributed by atoms with E-state index in [1.54, 1.807) is 6.07 Å². The fraction of sp³-hybridized carbons (Fsp3) is 0.381. The van der Waals surface area contributed by atoms with Crippen molar-refractivity contribution < 1.29 is 17.3 Å². The number of sulfonamides is 1. The minimum atomic E-state index is -3.91. The molecule has 2 aliphatic heterocycles. The van der Waals surface area contributed by atoms with E-state index in [1.807, 2.05) is 0 Å². The summed E-state index contributed by atoms with van der Waals surface area (Å²) in [4.78, 5) is 19.5. The Morgan fingerprint density at radius 3 is 2.75 bits per heavy atom. The number of fused-ring (bicyclic) bond motifs is 1. The molecule has 1 saturated heterocycles. The molecule has 4 heterocycles. The molecule has 9 nitrogen and oxygen atoms in total. The van der Waals surface area contributed by atoms with Crippen molar-refractivity contribution in [2.24, 2.45) is 0 Å². The number of benzene rings is 1. The minimum Gasteiger partial charge on any atom is -0.339 e. The molecule has 0 aliphatic carbocycles. The van der Waals surface area contributed by atoms with Crippen LogP contribution in [0.1, 0.15) is 35.9 Å². The van der Waals surface area contributed by atoms with Crippen LogP contribution >= 0.6 is 0 Å². The SMILES string of the molecule is O=c1[nH]c2c(cc1-c1noc(C3CCN(S(=O)(=O)c4ccccc4F)CC3)n1)CNCC2. The number of pyridine rings is 1. The lowest BCUT2D eigenvalue weighted by molar-refractivity contribution is 0.270. The van der Waals surface area contributed by atoms with Crippen LogP contribution in [-0.4, -0.2) is 47.5 Å². The maximum absolute atomic E-state index is 14.0. The second kappa shape index (κ2) is 8.23. The van der Waals surface area contributed by atoms with Crippen LogP contribution in [0.25, 0.3) is 11.4 Å². The van der Waals surface area contributed by atoms with Gasteiger partial charge in [0.1, 0.15) is 10.7 Å². The summed E-state index contributed by atoms with van der Waals surface area (Å²) >= 11 is 0. The molecule has 0 unspecified atom stereocenters. The average molecular weight is 460 g/mol. The molecule has 32 heavy (non-hydrogen) atoms. The molecule has 0 amide bonds. The number of nitrogens with one attached hydrogen (secondary N) is 2. The smallest absolute Gasteiger partial charge is 0.259 e. The highest BCUT2D eigenvalue weighted by Crippen LogP contribution is 2.31. The summed E-state index contributed by atoms with van der Waals surface area (Å²) < 4.78 is 46.3. The van der Waals surface area contributed by atoms with Crippen molar-refractivity contribution in [1.82, 2.24) is 24.7 Å². The van der Waals surface area contributed by atoms with E-state index in [4.69, 9.17) is 4.52 Å². The lowest BCUT2D eigenvalue weighted by Gasteiger charge is -2.29. The lowest BCUT2D eigenvalue weighted by atomic mass is 9.98. The van der Waals surface area contributed by atoms with Gasteiger partial charge >= 0.3 is 0 Å². The second-order valence-corrected chi connectivity index (χ2v) is 9.91. The standard InChI is InChI=1S/C21H22FN5O4S/c22-16-3-1-2-4-18(16)32(29,30)27-9-6-13(7-10-27)21-25-19(26-31-21)15-11-14-12-23-8-5-17(14)24-20(15)28/h1-4,11,13,23H,5-10,12H2,(H,24,28). The quantitative estimate of drug-likeness (QED) is 0.610. The zero-order valence-corrected chi connectivity index (χ0v) is 18.0. The topological polar surface area (TPSA) is 121 Å². The highest BCUT2D eigenvalue weighted by atomic mass is 32.2. The zero-order chi connectivity index (χ0) is 22.3. The van der Waals surface area contributed by atoms with Crippen LogP contribution in [0.5, 0.6) is 0 Å². The number of rotatable bonds is 4. The molecule has 5 rings (SSSR count). The van der Waals surface area contributed by atoms with Crippen molar-refractivity contribution in [3.63, 3.8) is 0 Å². The Bertz CT molecular complexity index is 1310. The summed E-state index contributed by atoms with van der Waals surface area (Å²) in [5, 5.41) is 7.25. The van der Waals surface area contributed by atoms with E-state index in [1.165, 1.54) is 22.5 Å². The van der Waals surface area contributed by atoms with E-state index >= 15 is 0 Å². The molecule has 2 N–H and O–H groups in total. The van der Waals surface area contributed by atoms with Gasteiger partial charge in [-0.05, 0) is 36.6 Å². The van der Waals surface area contributed by atoms with Crippen LogP contribution < -0.4 is 10.9 Å². The molecule has 0 atom stereocenters. The Hall–Kier alpha value is -2.89. The second-order valence-electron chi connectivity index (χ2n) is 8.01. The molecule has 2 aliphatic rings. The van der Waals surface area contributed by atoms with Crippen molar-refractivity contribution >= 4 is 10.0 Å². The molecule has 168 valence electrons. The molecule has 2 aromatic heterocycles. The van der Waals surface area contributed by atoms with E-state index in [2.05, 4.69) is 20.4 Å². The van der Waals surface area contributed by atoms with Gasteiger partial charge in [0.2, 0.25) is 21.7 Å². The van der Waals surface area contributed by atoms with Crippen molar-refractivity contribution in [2.75, 3.05) is 19.6 Å². The maximum atomic E-state index is 14.0. The Morgan fingerprint density at radius 2 is 1.97 bits per heavy atom. The summed E-state index contributed by atoms with van der Waals surface area (Å²) in [5.41, 5.74) is 2.01. The number of hydrogen-bond donors (Lipinski definition) is 2. The molecule has 0 spiro atoms. The molecule has 0 radical (unpaired) electrons. The van der Waals surface area contributed by atoms with Gasteiger partial charge in [-0.25, -0.2) is 12.8 Å². The molecule has 1 aromatic carbocycles. The fourth-order valence-corrected chi connectivity index (χ4v) is 5.78. The highest BCUT2D eigenvalue weighted by Gasteiger charge is 2.33. The van der Waals surface area contributed by atoms with Gasteiger partial charge in [0.25, 0.3) is 5.56 Å². The van der Waals surface area contributed by atoms with Crippen LogP contribution in [-0.2, 0) is 23.0 Å². The molecule has 1 fully saturated rings.